The first-order chi connectivity index (χ1) is 11.9. The molecule has 0 spiro atoms. The van der Waals surface area contributed by atoms with E-state index in [-0.39, 0.29) is 11.8 Å². The Hall–Kier alpha value is -2.91. The summed E-state index contributed by atoms with van der Waals surface area (Å²) in [6, 6.07) is 4.42. The fourth-order valence-electron chi connectivity index (χ4n) is 2.14. The zero-order valence-electron chi connectivity index (χ0n) is 13.0. The molecule has 0 aliphatic heterocycles. The minimum absolute atomic E-state index is 0.0593. The summed E-state index contributed by atoms with van der Waals surface area (Å²) in [6.07, 6.45) is -10.1. The second-order valence-corrected chi connectivity index (χ2v) is 5.10. The number of carbonyl (C=O) groups excluding carboxylic acids is 1. The fraction of sp³-hybridized carbons (Fsp3) is 0.188. The number of phenols is 1. The van der Waals surface area contributed by atoms with E-state index in [1.165, 1.54) is 19.2 Å². The van der Waals surface area contributed by atoms with Crippen molar-refractivity contribution in [3.05, 3.63) is 53.1 Å². The summed E-state index contributed by atoms with van der Waals surface area (Å²) in [5.41, 5.74) is -4.32. The van der Waals surface area contributed by atoms with Crippen molar-refractivity contribution in [3.8, 4) is 11.5 Å². The molecule has 2 N–H and O–H groups in total. The SMILES string of the molecule is COc1cccc(O)c1C(=O)Nc1cc(C(F)(F)F)cc(C(F)(F)F)c1. The molecule has 140 valence electrons. The molecule has 1 amide bonds. The third kappa shape index (κ3) is 4.19. The quantitative estimate of drug-likeness (QED) is 0.761. The van der Waals surface area contributed by atoms with Crippen LogP contribution in [-0.2, 0) is 12.4 Å². The molecule has 2 aromatic carbocycles. The number of carbonyl (C=O) groups is 1. The molecule has 2 rings (SSSR count). The van der Waals surface area contributed by atoms with Gasteiger partial charge in [0.1, 0.15) is 17.1 Å². The van der Waals surface area contributed by atoms with Crippen molar-refractivity contribution in [1.29, 1.82) is 0 Å². The molecule has 0 aliphatic rings. The van der Waals surface area contributed by atoms with Crippen LogP contribution >= 0.6 is 0 Å². The highest BCUT2D eigenvalue weighted by Gasteiger charge is 2.37. The van der Waals surface area contributed by atoms with Crippen LogP contribution in [0.4, 0.5) is 32.0 Å². The molecule has 0 aromatic heterocycles. The Balaban J connectivity index is 2.48. The van der Waals surface area contributed by atoms with E-state index in [0.717, 1.165) is 6.07 Å². The zero-order valence-corrected chi connectivity index (χ0v) is 13.0. The number of aromatic hydroxyl groups is 1. The van der Waals surface area contributed by atoms with Gasteiger partial charge in [-0.3, -0.25) is 4.79 Å². The predicted molar refractivity (Wildman–Crippen MR) is 79.1 cm³/mol. The van der Waals surface area contributed by atoms with E-state index in [4.69, 9.17) is 4.74 Å². The van der Waals surface area contributed by atoms with E-state index >= 15 is 0 Å². The number of ether oxygens (including phenoxy) is 1. The van der Waals surface area contributed by atoms with Gasteiger partial charge >= 0.3 is 12.4 Å². The number of phenolic OH excluding ortho intramolecular Hbond substituents is 1. The number of amides is 1. The largest absolute Gasteiger partial charge is 0.507 e. The Morgan fingerprint density at radius 1 is 1.00 bits per heavy atom. The summed E-state index contributed by atoms with van der Waals surface area (Å²) >= 11 is 0. The molecule has 0 bridgehead atoms. The van der Waals surface area contributed by atoms with Crippen LogP contribution in [0, 0.1) is 0 Å². The predicted octanol–water partition coefficient (Wildman–Crippen LogP) is 4.69. The number of rotatable bonds is 3. The highest BCUT2D eigenvalue weighted by atomic mass is 19.4. The number of halogens is 6. The first kappa shape index (κ1) is 19.4. The van der Waals surface area contributed by atoms with E-state index in [0.29, 0.717) is 12.1 Å². The van der Waals surface area contributed by atoms with Crippen LogP contribution in [0.15, 0.2) is 36.4 Å². The Labute approximate surface area is 143 Å². The summed E-state index contributed by atoms with van der Waals surface area (Å²) in [7, 11) is 1.18. The lowest BCUT2D eigenvalue weighted by Crippen LogP contribution is -2.16. The molecule has 0 saturated heterocycles. The molecule has 4 nitrogen and oxygen atoms in total. The van der Waals surface area contributed by atoms with Gasteiger partial charge in [0, 0.05) is 5.69 Å². The van der Waals surface area contributed by atoms with Crippen LogP contribution in [-0.4, -0.2) is 18.1 Å². The number of hydrogen-bond donors (Lipinski definition) is 2. The smallest absolute Gasteiger partial charge is 0.416 e. The number of hydrogen-bond acceptors (Lipinski definition) is 3. The van der Waals surface area contributed by atoms with Crippen molar-refractivity contribution in [2.75, 3.05) is 12.4 Å². The van der Waals surface area contributed by atoms with Gasteiger partial charge in [-0.1, -0.05) is 6.07 Å². The Morgan fingerprint density at radius 2 is 1.54 bits per heavy atom. The highest BCUT2D eigenvalue weighted by molar-refractivity contribution is 6.08. The summed E-state index contributed by atoms with van der Waals surface area (Å²) in [6.45, 7) is 0. The van der Waals surface area contributed by atoms with Crippen LogP contribution in [0.25, 0.3) is 0 Å². The molecule has 0 unspecified atom stereocenters. The number of nitrogens with one attached hydrogen (secondary N) is 1. The van der Waals surface area contributed by atoms with Crippen molar-refractivity contribution >= 4 is 11.6 Å². The monoisotopic (exact) mass is 379 g/mol. The lowest BCUT2D eigenvalue weighted by molar-refractivity contribution is -0.143. The summed E-state index contributed by atoms with van der Waals surface area (Å²) in [5, 5.41) is 11.7. The van der Waals surface area contributed by atoms with Gasteiger partial charge < -0.3 is 15.2 Å². The summed E-state index contributed by atoms with van der Waals surface area (Å²) < 4.78 is 81.9. The third-order valence-corrected chi connectivity index (χ3v) is 3.30. The summed E-state index contributed by atoms with van der Waals surface area (Å²) in [4.78, 5) is 12.2. The molecular weight excluding hydrogens is 368 g/mol. The van der Waals surface area contributed by atoms with Crippen molar-refractivity contribution < 1.29 is 41.0 Å². The molecule has 0 saturated carbocycles. The maximum absolute atomic E-state index is 12.8. The second kappa shape index (κ2) is 6.77. The van der Waals surface area contributed by atoms with Gasteiger partial charge in [0.05, 0.1) is 18.2 Å². The molecule has 0 atom stereocenters. The number of methoxy groups -OCH3 is 1. The second-order valence-electron chi connectivity index (χ2n) is 5.10. The molecule has 10 heteroatoms. The van der Waals surface area contributed by atoms with Gasteiger partial charge in [-0.25, -0.2) is 0 Å². The van der Waals surface area contributed by atoms with E-state index in [1.54, 1.807) is 0 Å². The van der Waals surface area contributed by atoms with Crippen LogP contribution < -0.4 is 10.1 Å². The molecule has 0 fully saturated rings. The maximum Gasteiger partial charge on any atom is 0.416 e. The molecule has 0 heterocycles. The van der Waals surface area contributed by atoms with Gasteiger partial charge in [-0.15, -0.1) is 0 Å². The minimum Gasteiger partial charge on any atom is -0.507 e. The minimum atomic E-state index is -5.05. The van der Waals surface area contributed by atoms with Crippen LogP contribution in [0.2, 0.25) is 0 Å². The van der Waals surface area contributed by atoms with Crippen molar-refractivity contribution in [1.82, 2.24) is 0 Å². The van der Waals surface area contributed by atoms with E-state index in [2.05, 4.69) is 0 Å². The van der Waals surface area contributed by atoms with Gasteiger partial charge in [-0.05, 0) is 30.3 Å². The average Bonchev–Trinajstić information content (AvgIpc) is 2.52. The van der Waals surface area contributed by atoms with Crippen molar-refractivity contribution in [2.24, 2.45) is 0 Å². The van der Waals surface area contributed by atoms with Gasteiger partial charge in [0.15, 0.2) is 0 Å². The molecule has 0 radical (unpaired) electrons. The summed E-state index contributed by atoms with van der Waals surface area (Å²) in [5.74, 6) is -1.79. The topological polar surface area (TPSA) is 58.6 Å². The standard InChI is InChI=1S/C16H11F6NO3/c1-26-12-4-2-3-11(24)13(12)14(25)23-10-6-8(15(17,18)19)5-9(7-10)16(20,21)22/h2-7,24H,1H3,(H,23,25). The van der Waals surface area contributed by atoms with Crippen LogP contribution in [0.3, 0.4) is 0 Å². The molecule has 26 heavy (non-hydrogen) atoms. The first-order valence-electron chi connectivity index (χ1n) is 6.90. The molecular formula is C16H11F6NO3. The third-order valence-electron chi connectivity index (χ3n) is 3.30. The molecule has 2 aromatic rings. The number of anilines is 1. The highest BCUT2D eigenvalue weighted by Crippen LogP contribution is 2.38. The van der Waals surface area contributed by atoms with E-state index < -0.39 is 46.4 Å². The normalized spacial score (nSPS) is 12.0. The van der Waals surface area contributed by atoms with Crippen LogP contribution in [0.5, 0.6) is 11.5 Å². The lowest BCUT2D eigenvalue weighted by atomic mass is 10.1. The number of alkyl halides is 6. The lowest BCUT2D eigenvalue weighted by Gasteiger charge is -2.15. The van der Waals surface area contributed by atoms with Crippen LogP contribution in [0.1, 0.15) is 21.5 Å². The maximum atomic E-state index is 12.8. The fourth-order valence-corrected chi connectivity index (χ4v) is 2.14. The van der Waals surface area contributed by atoms with Crippen molar-refractivity contribution in [2.45, 2.75) is 12.4 Å². The Morgan fingerprint density at radius 3 is 2.00 bits per heavy atom. The first-order valence-corrected chi connectivity index (χ1v) is 6.90. The number of benzene rings is 2. The van der Waals surface area contributed by atoms with Gasteiger partial charge in [-0.2, -0.15) is 26.3 Å². The Kier molecular flexibility index (Phi) is 5.06. The Bertz CT molecular complexity index is 797. The van der Waals surface area contributed by atoms with E-state index in [1.807, 2.05) is 5.32 Å². The van der Waals surface area contributed by atoms with E-state index in [9.17, 15) is 36.2 Å². The van der Waals surface area contributed by atoms with Gasteiger partial charge in [0.25, 0.3) is 5.91 Å². The average molecular weight is 379 g/mol. The zero-order chi connectivity index (χ0) is 19.7. The molecule has 0 aliphatic carbocycles. The van der Waals surface area contributed by atoms with Gasteiger partial charge in [0.2, 0.25) is 0 Å². The van der Waals surface area contributed by atoms with Crippen molar-refractivity contribution in [3.63, 3.8) is 0 Å².